The van der Waals surface area contributed by atoms with Crippen LogP contribution in [0.3, 0.4) is 0 Å². The maximum Gasteiger partial charge on any atom is 0.387 e. The van der Waals surface area contributed by atoms with Crippen LogP contribution in [0.4, 0.5) is 13.2 Å². The minimum absolute atomic E-state index is 0.0215. The molecule has 0 spiro atoms. The van der Waals surface area contributed by atoms with Crippen LogP contribution in [0.25, 0.3) is 0 Å². The van der Waals surface area contributed by atoms with Gasteiger partial charge in [-0.3, -0.25) is 0 Å². The number of guanidine groups is 1. The van der Waals surface area contributed by atoms with E-state index in [0.29, 0.717) is 25.7 Å². The molecule has 0 aliphatic heterocycles. The van der Waals surface area contributed by atoms with Gasteiger partial charge >= 0.3 is 6.61 Å². The lowest BCUT2D eigenvalue weighted by atomic mass is 10.2. The fraction of sp³-hybridized carbons (Fsp3) is 0.500. The van der Waals surface area contributed by atoms with Crippen molar-refractivity contribution in [1.82, 2.24) is 10.6 Å². The minimum Gasteiger partial charge on any atom is -0.434 e. The Morgan fingerprint density at radius 3 is 2.73 bits per heavy atom. The SMILES string of the molecule is CCNC(=NCc1c(F)cccc1OC(F)F)NCCOC. The van der Waals surface area contributed by atoms with Gasteiger partial charge in [-0.1, -0.05) is 6.07 Å². The molecule has 0 radical (unpaired) electrons. The highest BCUT2D eigenvalue weighted by molar-refractivity contribution is 5.79. The fourth-order valence-electron chi connectivity index (χ4n) is 1.67. The van der Waals surface area contributed by atoms with E-state index in [1.54, 1.807) is 7.11 Å². The first-order valence-electron chi connectivity index (χ1n) is 6.81. The van der Waals surface area contributed by atoms with Gasteiger partial charge in [-0.25, -0.2) is 9.38 Å². The Kier molecular flexibility index (Phi) is 8.13. The van der Waals surface area contributed by atoms with Gasteiger partial charge in [0.2, 0.25) is 0 Å². The average molecular weight is 319 g/mol. The van der Waals surface area contributed by atoms with Crippen molar-refractivity contribution in [3.8, 4) is 5.75 Å². The fourth-order valence-corrected chi connectivity index (χ4v) is 1.67. The third-order valence-corrected chi connectivity index (χ3v) is 2.63. The first kappa shape index (κ1) is 18.1. The molecule has 1 rings (SSSR count). The van der Waals surface area contributed by atoms with E-state index in [9.17, 15) is 13.2 Å². The summed E-state index contributed by atoms with van der Waals surface area (Å²) in [5, 5.41) is 5.94. The molecule has 0 saturated carbocycles. The maximum absolute atomic E-state index is 13.8. The van der Waals surface area contributed by atoms with Crippen LogP contribution in [0.1, 0.15) is 12.5 Å². The van der Waals surface area contributed by atoms with Crippen LogP contribution in [0, 0.1) is 5.82 Å². The van der Waals surface area contributed by atoms with Gasteiger partial charge in [0.15, 0.2) is 5.96 Å². The summed E-state index contributed by atoms with van der Waals surface area (Å²) < 4.78 is 47.7. The van der Waals surface area contributed by atoms with Crippen molar-refractivity contribution in [2.45, 2.75) is 20.1 Å². The first-order chi connectivity index (χ1) is 10.6. The number of ether oxygens (including phenoxy) is 2. The first-order valence-corrected chi connectivity index (χ1v) is 6.81. The lowest BCUT2D eigenvalue weighted by molar-refractivity contribution is -0.0506. The molecule has 0 atom stereocenters. The van der Waals surface area contributed by atoms with Crippen molar-refractivity contribution in [2.75, 3.05) is 26.8 Å². The molecule has 8 heteroatoms. The van der Waals surface area contributed by atoms with Crippen LogP contribution in [-0.4, -0.2) is 39.4 Å². The molecule has 5 nitrogen and oxygen atoms in total. The molecule has 0 bridgehead atoms. The molecule has 0 unspecified atom stereocenters. The largest absolute Gasteiger partial charge is 0.434 e. The monoisotopic (exact) mass is 319 g/mol. The van der Waals surface area contributed by atoms with E-state index in [2.05, 4.69) is 20.4 Å². The third-order valence-electron chi connectivity index (χ3n) is 2.63. The predicted octanol–water partition coefficient (Wildman–Crippen LogP) is 2.13. The normalized spacial score (nSPS) is 11.6. The van der Waals surface area contributed by atoms with E-state index >= 15 is 0 Å². The Labute approximate surface area is 127 Å². The van der Waals surface area contributed by atoms with Crippen molar-refractivity contribution in [2.24, 2.45) is 4.99 Å². The minimum atomic E-state index is -3.02. The second-order valence-electron chi connectivity index (χ2n) is 4.21. The van der Waals surface area contributed by atoms with Crippen LogP contribution in [0.2, 0.25) is 0 Å². The van der Waals surface area contributed by atoms with Crippen molar-refractivity contribution < 1.29 is 22.6 Å². The van der Waals surface area contributed by atoms with Crippen molar-refractivity contribution in [3.63, 3.8) is 0 Å². The Morgan fingerprint density at radius 2 is 2.09 bits per heavy atom. The number of hydrogen-bond acceptors (Lipinski definition) is 3. The Morgan fingerprint density at radius 1 is 1.32 bits per heavy atom. The number of benzene rings is 1. The number of methoxy groups -OCH3 is 1. The van der Waals surface area contributed by atoms with Crippen molar-refractivity contribution >= 4 is 5.96 Å². The Bertz CT molecular complexity index is 484. The van der Waals surface area contributed by atoms with Gasteiger partial charge in [0.05, 0.1) is 18.7 Å². The summed E-state index contributed by atoms with van der Waals surface area (Å²) in [6, 6.07) is 3.77. The van der Waals surface area contributed by atoms with Crippen LogP contribution >= 0.6 is 0 Å². The summed E-state index contributed by atoms with van der Waals surface area (Å²) in [6.45, 7) is 0.330. The molecule has 0 aliphatic rings. The van der Waals surface area contributed by atoms with Crippen LogP contribution < -0.4 is 15.4 Å². The number of nitrogens with one attached hydrogen (secondary N) is 2. The zero-order valence-corrected chi connectivity index (χ0v) is 12.5. The molecule has 1 aromatic rings. The highest BCUT2D eigenvalue weighted by atomic mass is 19.3. The van der Waals surface area contributed by atoms with E-state index in [0.717, 1.165) is 0 Å². The average Bonchev–Trinajstić information content (AvgIpc) is 2.46. The quantitative estimate of drug-likeness (QED) is 0.438. The smallest absolute Gasteiger partial charge is 0.387 e. The van der Waals surface area contributed by atoms with Gasteiger partial charge in [0.25, 0.3) is 0 Å². The number of hydrogen-bond donors (Lipinski definition) is 2. The van der Waals surface area contributed by atoms with E-state index in [-0.39, 0.29) is 17.9 Å². The van der Waals surface area contributed by atoms with Gasteiger partial charge in [-0.05, 0) is 19.1 Å². The van der Waals surface area contributed by atoms with E-state index in [4.69, 9.17) is 4.74 Å². The summed E-state index contributed by atoms with van der Waals surface area (Å²) >= 11 is 0. The number of alkyl halides is 2. The molecule has 0 amide bonds. The molecule has 1 aromatic carbocycles. The molecule has 0 fully saturated rings. The predicted molar refractivity (Wildman–Crippen MR) is 77.7 cm³/mol. The molecular weight excluding hydrogens is 299 g/mol. The third kappa shape index (κ3) is 6.21. The molecule has 22 heavy (non-hydrogen) atoms. The van der Waals surface area contributed by atoms with Gasteiger partial charge in [-0.15, -0.1) is 0 Å². The number of rotatable bonds is 8. The Balaban J connectivity index is 2.83. The number of aliphatic imine (C=N–C) groups is 1. The van der Waals surface area contributed by atoms with E-state index in [1.165, 1.54) is 18.2 Å². The van der Waals surface area contributed by atoms with Crippen LogP contribution in [0.5, 0.6) is 5.75 Å². The zero-order valence-electron chi connectivity index (χ0n) is 12.5. The lowest BCUT2D eigenvalue weighted by Gasteiger charge is -2.13. The van der Waals surface area contributed by atoms with Crippen LogP contribution in [-0.2, 0) is 11.3 Å². The number of halogens is 3. The summed E-state index contributed by atoms with van der Waals surface area (Å²) in [7, 11) is 1.57. The summed E-state index contributed by atoms with van der Waals surface area (Å²) in [4.78, 5) is 4.16. The Hall–Kier alpha value is -1.96. The topological polar surface area (TPSA) is 54.9 Å². The summed E-state index contributed by atoms with van der Waals surface area (Å²) in [5.74, 6) is -0.424. The van der Waals surface area contributed by atoms with Gasteiger partial charge in [-0.2, -0.15) is 8.78 Å². The van der Waals surface area contributed by atoms with Crippen molar-refractivity contribution in [1.29, 1.82) is 0 Å². The second-order valence-corrected chi connectivity index (χ2v) is 4.21. The zero-order chi connectivity index (χ0) is 16.4. The summed E-state index contributed by atoms with van der Waals surface area (Å²) in [5.41, 5.74) is -0.0215. The lowest BCUT2D eigenvalue weighted by Crippen LogP contribution is -2.38. The van der Waals surface area contributed by atoms with Gasteiger partial charge in [0.1, 0.15) is 11.6 Å². The standard InChI is InChI=1S/C14H20F3N3O2/c1-3-18-14(19-7-8-21-2)20-9-10-11(15)5-4-6-12(10)22-13(16)17/h4-6,13H,3,7-9H2,1-2H3,(H2,18,19,20). The highest BCUT2D eigenvalue weighted by Gasteiger charge is 2.13. The van der Waals surface area contributed by atoms with Crippen LogP contribution in [0.15, 0.2) is 23.2 Å². The maximum atomic E-state index is 13.8. The van der Waals surface area contributed by atoms with E-state index < -0.39 is 12.4 Å². The molecule has 124 valence electrons. The molecule has 2 N–H and O–H groups in total. The van der Waals surface area contributed by atoms with E-state index in [1.807, 2.05) is 6.92 Å². The summed E-state index contributed by atoms with van der Waals surface area (Å²) in [6.07, 6.45) is 0. The van der Waals surface area contributed by atoms with Gasteiger partial charge < -0.3 is 20.1 Å². The second kappa shape index (κ2) is 9.88. The molecular formula is C14H20F3N3O2. The molecule has 0 heterocycles. The van der Waals surface area contributed by atoms with Crippen molar-refractivity contribution in [3.05, 3.63) is 29.6 Å². The molecule has 0 aliphatic carbocycles. The molecule has 0 saturated heterocycles. The number of nitrogens with zero attached hydrogens (tertiary/aromatic N) is 1. The molecule has 0 aromatic heterocycles. The highest BCUT2D eigenvalue weighted by Crippen LogP contribution is 2.24. The van der Waals surface area contributed by atoms with Gasteiger partial charge in [0, 0.05) is 20.2 Å².